The Balaban J connectivity index is 1.86. The van der Waals surface area contributed by atoms with E-state index in [0.29, 0.717) is 32.2 Å². The molecule has 0 spiro atoms. The average molecular weight is 342 g/mol. The summed E-state index contributed by atoms with van der Waals surface area (Å²) in [6.07, 6.45) is 3.51. The fourth-order valence-corrected chi connectivity index (χ4v) is 3.44. The van der Waals surface area contributed by atoms with Crippen molar-refractivity contribution in [3.63, 3.8) is 0 Å². The minimum absolute atomic E-state index is 0.0458. The molecule has 0 unspecified atom stereocenters. The molecular formula is C17H30N2O5. The zero-order valence-electron chi connectivity index (χ0n) is 14.9. The summed E-state index contributed by atoms with van der Waals surface area (Å²) in [5, 5.41) is 9.04. The van der Waals surface area contributed by atoms with Crippen LogP contribution in [0.4, 0.5) is 0 Å². The Morgan fingerprint density at radius 1 is 1.17 bits per heavy atom. The maximum atomic E-state index is 12.3. The van der Waals surface area contributed by atoms with Crippen molar-refractivity contribution in [1.82, 2.24) is 4.90 Å². The molecule has 0 aromatic carbocycles. The van der Waals surface area contributed by atoms with E-state index in [1.54, 1.807) is 0 Å². The van der Waals surface area contributed by atoms with Gasteiger partial charge in [0.2, 0.25) is 0 Å². The van der Waals surface area contributed by atoms with Gasteiger partial charge in [-0.25, -0.2) is 0 Å². The lowest BCUT2D eigenvalue weighted by atomic mass is 9.87. The van der Waals surface area contributed by atoms with Crippen LogP contribution >= 0.6 is 0 Å². The first-order chi connectivity index (χ1) is 11.2. The van der Waals surface area contributed by atoms with E-state index >= 15 is 0 Å². The van der Waals surface area contributed by atoms with Crippen molar-refractivity contribution in [3.05, 3.63) is 0 Å². The molecule has 1 aliphatic carbocycles. The highest BCUT2D eigenvalue weighted by molar-refractivity contribution is 5.76. The molecule has 0 radical (unpaired) electrons. The Kier molecular flexibility index (Phi) is 6.22. The second kappa shape index (κ2) is 7.80. The summed E-state index contributed by atoms with van der Waals surface area (Å²) >= 11 is 0. The molecule has 2 fully saturated rings. The van der Waals surface area contributed by atoms with Crippen LogP contribution in [-0.4, -0.2) is 52.6 Å². The van der Waals surface area contributed by atoms with Crippen LogP contribution < -0.4 is 5.73 Å². The first kappa shape index (κ1) is 19.1. The van der Waals surface area contributed by atoms with E-state index in [1.807, 2.05) is 25.7 Å². The Labute approximate surface area is 143 Å². The van der Waals surface area contributed by atoms with Crippen LogP contribution in [-0.2, 0) is 19.1 Å². The first-order valence-corrected chi connectivity index (χ1v) is 8.80. The number of aliphatic carboxylic acids is 1. The van der Waals surface area contributed by atoms with E-state index in [1.165, 1.54) is 0 Å². The van der Waals surface area contributed by atoms with Gasteiger partial charge in [0.15, 0.2) is 6.35 Å². The van der Waals surface area contributed by atoms with Gasteiger partial charge in [0, 0.05) is 6.54 Å². The monoisotopic (exact) mass is 342 g/mol. The second-order valence-corrected chi connectivity index (χ2v) is 7.77. The molecule has 0 bridgehead atoms. The lowest BCUT2D eigenvalue weighted by Crippen LogP contribution is -2.52. The van der Waals surface area contributed by atoms with Crippen LogP contribution in [0.2, 0.25) is 0 Å². The Morgan fingerprint density at radius 2 is 1.79 bits per heavy atom. The minimum atomic E-state index is -0.734. The van der Waals surface area contributed by atoms with Crippen molar-refractivity contribution < 1.29 is 24.2 Å². The Morgan fingerprint density at radius 3 is 2.33 bits per heavy atom. The molecular weight excluding hydrogens is 312 g/mol. The fraction of sp³-hybridized carbons (Fsp3) is 0.882. The quantitative estimate of drug-likeness (QED) is 0.579. The van der Waals surface area contributed by atoms with Crippen LogP contribution in [0.15, 0.2) is 0 Å². The zero-order chi connectivity index (χ0) is 17.9. The fourth-order valence-electron chi connectivity index (χ4n) is 3.44. The summed E-state index contributed by atoms with van der Waals surface area (Å²) in [6.45, 7) is 6.25. The van der Waals surface area contributed by atoms with Gasteiger partial charge in [-0.1, -0.05) is 0 Å². The number of likely N-dealkylation sites (tertiary alicyclic amines) is 1. The predicted molar refractivity (Wildman–Crippen MR) is 88.0 cm³/mol. The topological polar surface area (TPSA) is 102 Å². The molecule has 138 valence electrons. The summed E-state index contributed by atoms with van der Waals surface area (Å²) in [5.74, 6) is -1.27. The second-order valence-electron chi connectivity index (χ2n) is 7.77. The first-order valence-electron chi connectivity index (χ1n) is 8.80. The van der Waals surface area contributed by atoms with Crippen LogP contribution in [0.1, 0.15) is 59.3 Å². The lowest BCUT2D eigenvalue weighted by molar-refractivity contribution is -0.170. The number of carboxylic acids is 1. The van der Waals surface area contributed by atoms with E-state index in [2.05, 4.69) is 0 Å². The minimum Gasteiger partial charge on any atom is -0.481 e. The lowest BCUT2D eigenvalue weighted by Gasteiger charge is -2.34. The Bertz CT molecular complexity index is 454. The van der Waals surface area contributed by atoms with Gasteiger partial charge in [-0.05, 0) is 59.3 Å². The summed E-state index contributed by atoms with van der Waals surface area (Å²) in [4.78, 5) is 25.2. The molecule has 0 amide bonds. The molecule has 2 rings (SSSR count). The highest BCUT2D eigenvalue weighted by Crippen LogP contribution is 2.29. The number of esters is 1. The van der Waals surface area contributed by atoms with Crippen molar-refractivity contribution in [2.75, 3.05) is 6.54 Å². The molecule has 3 N–H and O–H groups in total. The van der Waals surface area contributed by atoms with E-state index in [4.69, 9.17) is 20.3 Å². The van der Waals surface area contributed by atoms with Crippen LogP contribution in [0.3, 0.4) is 0 Å². The van der Waals surface area contributed by atoms with E-state index < -0.39 is 17.9 Å². The number of nitrogens with zero attached hydrogens (tertiary/aromatic N) is 1. The van der Waals surface area contributed by atoms with Gasteiger partial charge < -0.3 is 14.6 Å². The van der Waals surface area contributed by atoms with Crippen molar-refractivity contribution in [3.8, 4) is 0 Å². The van der Waals surface area contributed by atoms with Crippen LogP contribution in [0.5, 0.6) is 0 Å². The summed E-state index contributed by atoms with van der Waals surface area (Å²) < 4.78 is 11.4. The third-order valence-electron chi connectivity index (χ3n) is 4.66. The molecule has 2 atom stereocenters. The third-order valence-corrected chi connectivity index (χ3v) is 4.66. The maximum absolute atomic E-state index is 12.3. The van der Waals surface area contributed by atoms with Gasteiger partial charge in [0.1, 0.15) is 11.6 Å². The SMILES string of the molecule is CC(C)(C)OC(=O)[C@@H]1CCCN1[C@H](N)OC1CCC(C(=O)O)CC1. The standard InChI is InChI=1S/C17H30N2O5/c1-17(2,3)24-15(22)13-5-4-10-19(13)16(18)23-12-8-6-11(7-9-12)14(20)21/h11-13,16H,4-10,18H2,1-3H3,(H,20,21)/t11?,12?,13-,16-/m0/s1. The molecule has 2 aliphatic rings. The number of carboxylic acid groups (broad SMARTS) is 1. The highest BCUT2D eigenvalue weighted by Gasteiger charge is 2.38. The van der Waals surface area contributed by atoms with Crippen molar-refractivity contribution in [2.45, 2.75) is 83.4 Å². The smallest absolute Gasteiger partial charge is 0.323 e. The number of rotatable bonds is 5. The van der Waals surface area contributed by atoms with E-state index in [0.717, 1.165) is 12.8 Å². The molecule has 1 heterocycles. The normalized spacial score (nSPS) is 30.1. The number of hydrogen-bond donors (Lipinski definition) is 2. The Hall–Kier alpha value is -1.18. The van der Waals surface area contributed by atoms with Crippen molar-refractivity contribution >= 4 is 11.9 Å². The molecule has 1 aliphatic heterocycles. The maximum Gasteiger partial charge on any atom is 0.323 e. The van der Waals surface area contributed by atoms with Crippen LogP contribution in [0.25, 0.3) is 0 Å². The molecule has 0 aromatic heterocycles. The number of carbonyl (C=O) groups is 2. The number of ether oxygens (including phenoxy) is 2. The van der Waals surface area contributed by atoms with Gasteiger partial charge in [0.25, 0.3) is 0 Å². The zero-order valence-corrected chi connectivity index (χ0v) is 14.9. The van der Waals surface area contributed by atoms with Gasteiger partial charge >= 0.3 is 11.9 Å². The number of nitrogens with two attached hydrogens (primary N) is 1. The van der Waals surface area contributed by atoms with E-state index in [9.17, 15) is 9.59 Å². The van der Waals surface area contributed by atoms with Crippen molar-refractivity contribution in [1.29, 1.82) is 0 Å². The summed E-state index contributed by atoms with van der Waals surface area (Å²) in [5.41, 5.74) is 5.65. The number of carbonyl (C=O) groups excluding carboxylic acids is 1. The predicted octanol–water partition coefficient (Wildman–Crippen LogP) is 1.69. The highest BCUT2D eigenvalue weighted by atomic mass is 16.6. The third kappa shape index (κ3) is 5.16. The summed E-state index contributed by atoms with van der Waals surface area (Å²) in [7, 11) is 0. The molecule has 0 aromatic rings. The summed E-state index contributed by atoms with van der Waals surface area (Å²) in [6, 6.07) is -0.366. The molecule has 1 saturated heterocycles. The molecule has 1 saturated carbocycles. The van der Waals surface area contributed by atoms with Gasteiger partial charge in [-0.15, -0.1) is 0 Å². The van der Waals surface area contributed by atoms with Crippen LogP contribution in [0, 0.1) is 5.92 Å². The molecule has 7 nitrogen and oxygen atoms in total. The van der Waals surface area contributed by atoms with Gasteiger partial charge in [-0.3, -0.25) is 20.2 Å². The number of hydrogen-bond acceptors (Lipinski definition) is 6. The largest absolute Gasteiger partial charge is 0.481 e. The average Bonchev–Trinajstić information content (AvgIpc) is 2.95. The van der Waals surface area contributed by atoms with Gasteiger partial charge in [-0.2, -0.15) is 0 Å². The van der Waals surface area contributed by atoms with Crippen molar-refractivity contribution in [2.24, 2.45) is 11.7 Å². The van der Waals surface area contributed by atoms with E-state index in [-0.39, 0.29) is 24.0 Å². The molecule has 24 heavy (non-hydrogen) atoms. The van der Waals surface area contributed by atoms with Gasteiger partial charge in [0.05, 0.1) is 12.0 Å². The molecule has 7 heteroatoms.